The van der Waals surface area contributed by atoms with Crippen molar-refractivity contribution in [1.29, 1.82) is 0 Å². The summed E-state index contributed by atoms with van der Waals surface area (Å²) in [5.74, 6) is 0. The first kappa shape index (κ1) is 13.8. The van der Waals surface area contributed by atoms with Gasteiger partial charge in [-0.3, -0.25) is 4.79 Å². The number of carbonyl (C=O) groups is 1. The average Bonchev–Trinajstić information content (AvgIpc) is 2.32. The van der Waals surface area contributed by atoms with Gasteiger partial charge in [0.1, 0.15) is 0 Å². The third-order valence-corrected chi connectivity index (χ3v) is 2.97. The predicted octanol–water partition coefficient (Wildman–Crippen LogP) is 2.93. The van der Waals surface area contributed by atoms with Crippen LogP contribution in [0.1, 0.15) is 18.9 Å². The number of carbonyl (C=O) groups excluding carboxylic acids is 1. The number of nitrogens with zero attached hydrogens (tertiary/aromatic N) is 1. The zero-order valence-electron chi connectivity index (χ0n) is 10.4. The molecule has 1 aromatic rings. The molecule has 17 heavy (non-hydrogen) atoms. The molecule has 3 nitrogen and oxygen atoms in total. The summed E-state index contributed by atoms with van der Waals surface area (Å²) >= 11 is 5.95. The molecule has 0 heterocycles. The van der Waals surface area contributed by atoms with Gasteiger partial charge >= 0.3 is 0 Å². The molecule has 0 aliphatic rings. The Kier molecular flexibility index (Phi) is 5.84. The maximum Gasteiger partial charge on any atom is 0.209 e. The summed E-state index contributed by atoms with van der Waals surface area (Å²) in [6, 6.07) is 5.83. The fraction of sp³-hybridized carbons (Fsp3) is 0.462. The highest BCUT2D eigenvalue weighted by Crippen LogP contribution is 2.19. The maximum absolute atomic E-state index is 10.7. The first-order valence-corrected chi connectivity index (χ1v) is 6.24. The van der Waals surface area contributed by atoms with Crippen LogP contribution >= 0.6 is 11.6 Å². The molecule has 0 bridgehead atoms. The van der Waals surface area contributed by atoms with E-state index in [-0.39, 0.29) is 0 Å². The number of hydrogen-bond acceptors (Lipinski definition) is 2. The smallest absolute Gasteiger partial charge is 0.209 e. The zero-order chi connectivity index (χ0) is 12.7. The molecule has 4 heteroatoms. The van der Waals surface area contributed by atoms with Gasteiger partial charge in [-0.2, -0.15) is 0 Å². The van der Waals surface area contributed by atoms with Crippen LogP contribution in [0.4, 0.5) is 5.69 Å². The molecule has 1 N–H and O–H groups in total. The van der Waals surface area contributed by atoms with Gasteiger partial charge in [-0.15, -0.1) is 0 Å². The van der Waals surface area contributed by atoms with E-state index in [0.29, 0.717) is 0 Å². The van der Waals surface area contributed by atoms with Crippen molar-refractivity contribution in [3.8, 4) is 0 Å². The lowest BCUT2D eigenvalue weighted by molar-refractivity contribution is -0.118. The van der Waals surface area contributed by atoms with E-state index >= 15 is 0 Å². The zero-order valence-corrected chi connectivity index (χ0v) is 11.1. The van der Waals surface area contributed by atoms with Gasteiger partial charge in [0, 0.05) is 30.3 Å². The Balaban J connectivity index is 2.39. The van der Waals surface area contributed by atoms with Crippen molar-refractivity contribution in [3.63, 3.8) is 0 Å². The molecule has 0 aliphatic heterocycles. The van der Waals surface area contributed by atoms with Crippen LogP contribution in [0, 0.1) is 6.92 Å². The number of benzene rings is 1. The highest BCUT2D eigenvalue weighted by atomic mass is 35.5. The highest BCUT2D eigenvalue weighted by Gasteiger charge is 2.00. The van der Waals surface area contributed by atoms with Gasteiger partial charge in [-0.05, 0) is 37.1 Å². The van der Waals surface area contributed by atoms with Crippen LogP contribution in [0.15, 0.2) is 18.2 Å². The molecule has 0 unspecified atom stereocenters. The number of nitrogens with one attached hydrogen (secondary N) is 1. The third-order valence-electron chi connectivity index (χ3n) is 2.55. The first-order chi connectivity index (χ1) is 8.17. The van der Waals surface area contributed by atoms with E-state index in [0.717, 1.165) is 48.7 Å². The molecule has 0 spiro atoms. The fourth-order valence-electron chi connectivity index (χ4n) is 1.60. The number of rotatable bonds is 7. The Morgan fingerprint density at radius 2 is 2.18 bits per heavy atom. The van der Waals surface area contributed by atoms with Gasteiger partial charge in [0.25, 0.3) is 0 Å². The van der Waals surface area contributed by atoms with Gasteiger partial charge in [-0.25, -0.2) is 0 Å². The molecule has 94 valence electrons. The van der Waals surface area contributed by atoms with Gasteiger partial charge in [0.15, 0.2) is 0 Å². The van der Waals surface area contributed by atoms with E-state index < -0.39 is 0 Å². The molecule has 0 fully saturated rings. The standard InChI is InChI=1S/C13H19ClN2O/c1-3-7-16(10-17)8-6-15-12-4-5-13(14)11(2)9-12/h4-5,9-10,15H,3,6-8H2,1-2H3. The summed E-state index contributed by atoms with van der Waals surface area (Å²) in [6.07, 6.45) is 1.89. The second kappa shape index (κ2) is 7.17. The van der Waals surface area contributed by atoms with E-state index in [9.17, 15) is 4.79 Å². The molecule has 0 aromatic heterocycles. The van der Waals surface area contributed by atoms with Crippen molar-refractivity contribution in [3.05, 3.63) is 28.8 Å². The van der Waals surface area contributed by atoms with E-state index in [1.54, 1.807) is 4.90 Å². The second-order valence-corrected chi connectivity index (χ2v) is 4.44. The molecule has 0 radical (unpaired) electrons. The molecule has 0 aliphatic carbocycles. The third kappa shape index (κ3) is 4.65. The summed E-state index contributed by atoms with van der Waals surface area (Å²) in [5, 5.41) is 4.05. The van der Waals surface area contributed by atoms with Gasteiger partial charge in [0.2, 0.25) is 6.41 Å². The first-order valence-electron chi connectivity index (χ1n) is 5.86. The van der Waals surface area contributed by atoms with Crippen molar-refractivity contribution in [2.45, 2.75) is 20.3 Å². The molecular weight excluding hydrogens is 236 g/mol. The molecule has 1 rings (SSSR count). The fourth-order valence-corrected chi connectivity index (χ4v) is 1.72. The molecule has 0 saturated heterocycles. The van der Waals surface area contributed by atoms with Crippen LogP contribution < -0.4 is 5.32 Å². The number of aryl methyl sites for hydroxylation is 1. The number of halogens is 1. The lowest BCUT2D eigenvalue weighted by atomic mass is 10.2. The van der Waals surface area contributed by atoms with Crippen LogP contribution in [-0.2, 0) is 4.79 Å². The summed E-state index contributed by atoms with van der Waals surface area (Å²) in [6.45, 7) is 6.32. The molecule has 0 atom stereocenters. The predicted molar refractivity (Wildman–Crippen MR) is 72.6 cm³/mol. The number of amides is 1. The lowest BCUT2D eigenvalue weighted by Crippen LogP contribution is -2.28. The van der Waals surface area contributed by atoms with Crippen molar-refractivity contribution >= 4 is 23.7 Å². The van der Waals surface area contributed by atoms with Crippen LogP contribution in [-0.4, -0.2) is 30.9 Å². The van der Waals surface area contributed by atoms with Crippen molar-refractivity contribution < 1.29 is 4.79 Å². The Labute approximate surface area is 108 Å². The average molecular weight is 255 g/mol. The Hall–Kier alpha value is -1.22. The van der Waals surface area contributed by atoms with Crippen LogP contribution in [0.2, 0.25) is 5.02 Å². The monoisotopic (exact) mass is 254 g/mol. The van der Waals surface area contributed by atoms with Crippen LogP contribution in [0.3, 0.4) is 0 Å². The van der Waals surface area contributed by atoms with E-state index in [1.165, 1.54) is 0 Å². The molecule has 1 aromatic carbocycles. The Morgan fingerprint density at radius 3 is 2.76 bits per heavy atom. The SMILES string of the molecule is CCCN(C=O)CCNc1ccc(Cl)c(C)c1. The quantitative estimate of drug-likeness (QED) is 0.759. The Morgan fingerprint density at radius 1 is 1.41 bits per heavy atom. The number of anilines is 1. The summed E-state index contributed by atoms with van der Waals surface area (Å²) in [7, 11) is 0. The van der Waals surface area contributed by atoms with Crippen molar-refractivity contribution in [2.75, 3.05) is 25.0 Å². The lowest BCUT2D eigenvalue weighted by Gasteiger charge is -2.17. The van der Waals surface area contributed by atoms with Crippen LogP contribution in [0.25, 0.3) is 0 Å². The summed E-state index contributed by atoms with van der Waals surface area (Å²) in [5.41, 5.74) is 2.09. The van der Waals surface area contributed by atoms with Gasteiger partial charge < -0.3 is 10.2 Å². The second-order valence-electron chi connectivity index (χ2n) is 4.03. The normalized spacial score (nSPS) is 10.1. The molecule has 0 saturated carbocycles. The number of hydrogen-bond donors (Lipinski definition) is 1. The van der Waals surface area contributed by atoms with Gasteiger partial charge in [-0.1, -0.05) is 18.5 Å². The minimum atomic E-state index is 0.721. The van der Waals surface area contributed by atoms with E-state index in [1.807, 2.05) is 25.1 Å². The van der Waals surface area contributed by atoms with Crippen molar-refractivity contribution in [2.24, 2.45) is 0 Å². The Bertz CT molecular complexity index is 368. The van der Waals surface area contributed by atoms with Crippen LogP contribution in [0.5, 0.6) is 0 Å². The summed E-state index contributed by atoms with van der Waals surface area (Å²) < 4.78 is 0. The van der Waals surface area contributed by atoms with E-state index in [4.69, 9.17) is 11.6 Å². The van der Waals surface area contributed by atoms with Gasteiger partial charge in [0.05, 0.1) is 0 Å². The minimum absolute atomic E-state index is 0.721. The largest absolute Gasteiger partial charge is 0.383 e. The maximum atomic E-state index is 10.7. The van der Waals surface area contributed by atoms with E-state index in [2.05, 4.69) is 12.2 Å². The topological polar surface area (TPSA) is 32.3 Å². The molecule has 1 amide bonds. The summed E-state index contributed by atoms with van der Waals surface area (Å²) in [4.78, 5) is 12.5. The molecular formula is C13H19ClN2O. The minimum Gasteiger partial charge on any atom is -0.383 e. The highest BCUT2D eigenvalue weighted by molar-refractivity contribution is 6.31. The van der Waals surface area contributed by atoms with Crippen molar-refractivity contribution in [1.82, 2.24) is 4.90 Å².